The summed E-state index contributed by atoms with van der Waals surface area (Å²) in [4.78, 5) is 4.10. The highest BCUT2D eigenvalue weighted by Gasteiger charge is 2.03. The minimum atomic E-state index is 0.981. The van der Waals surface area contributed by atoms with Crippen LogP contribution in [0.15, 0.2) is 17.8 Å². The van der Waals surface area contributed by atoms with Gasteiger partial charge in [0.2, 0.25) is 0 Å². The van der Waals surface area contributed by atoms with E-state index in [9.17, 15) is 0 Å². The lowest BCUT2D eigenvalue weighted by Crippen LogP contribution is -1.78. The van der Waals surface area contributed by atoms with Crippen LogP contribution >= 0.6 is 11.3 Å². The highest BCUT2D eigenvalue weighted by atomic mass is 32.1. The Hall–Kier alpha value is -1.33. The van der Waals surface area contributed by atoms with E-state index >= 15 is 0 Å². The van der Waals surface area contributed by atoms with Crippen molar-refractivity contribution < 1.29 is 0 Å². The van der Waals surface area contributed by atoms with E-state index in [4.69, 9.17) is 6.42 Å². The van der Waals surface area contributed by atoms with Crippen molar-refractivity contribution in [3.63, 3.8) is 0 Å². The highest BCUT2D eigenvalue weighted by molar-refractivity contribution is 7.17. The van der Waals surface area contributed by atoms with Crippen LogP contribution in [0.4, 0.5) is 0 Å². The third kappa shape index (κ3) is 3.08. The van der Waals surface area contributed by atoms with Gasteiger partial charge in [-0.15, -0.1) is 17.8 Å². The van der Waals surface area contributed by atoms with E-state index in [1.807, 2.05) is 52.4 Å². The van der Waals surface area contributed by atoms with Gasteiger partial charge < -0.3 is 0 Å². The maximum Gasteiger partial charge on any atom is 0.0541 e. The first-order chi connectivity index (χ1) is 7.83. The van der Waals surface area contributed by atoms with Crippen molar-refractivity contribution in [3.05, 3.63) is 28.9 Å². The average molecular weight is 233 g/mol. The van der Waals surface area contributed by atoms with Crippen LogP contribution in [0.1, 0.15) is 38.8 Å². The zero-order chi connectivity index (χ0) is 12.6. The predicted octanol–water partition coefficient (Wildman–Crippen LogP) is 4.64. The molecule has 0 bridgehead atoms. The van der Waals surface area contributed by atoms with Gasteiger partial charge in [0.15, 0.2) is 0 Å². The van der Waals surface area contributed by atoms with Crippen LogP contribution < -0.4 is 0 Å². The van der Waals surface area contributed by atoms with Gasteiger partial charge in [-0.25, -0.2) is 0 Å². The quantitative estimate of drug-likeness (QED) is 0.604. The Morgan fingerprint density at radius 2 is 1.81 bits per heavy atom. The number of terminal acetylenes is 1. The number of fused-ring (bicyclic) bond motifs is 1. The summed E-state index contributed by atoms with van der Waals surface area (Å²) in [6.07, 6.45) is 9.06. The van der Waals surface area contributed by atoms with E-state index in [-0.39, 0.29) is 0 Å². The highest BCUT2D eigenvalue weighted by Crippen LogP contribution is 2.26. The number of aromatic nitrogens is 1. The Labute approximate surface area is 103 Å². The van der Waals surface area contributed by atoms with Crippen LogP contribution in [0.5, 0.6) is 0 Å². The smallest absolute Gasteiger partial charge is 0.0541 e. The Morgan fingerprint density at radius 3 is 2.38 bits per heavy atom. The van der Waals surface area contributed by atoms with Gasteiger partial charge in [-0.05, 0) is 12.5 Å². The van der Waals surface area contributed by atoms with Gasteiger partial charge in [0.05, 0.1) is 4.70 Å². The van der Waals surface area contributed by atoms with Crippen molar-refractivity contribution >= 4 is 21.4 Å². The zero-order valence-corrected chi connectivity index (χ0v) is 11.5. The second-order valence-electron chi connectivity index (χ2n) is 2.62. The molecule has 0 radical (unpaired) electrons. The molecular weight excluding hydrogens is 214 g/mol. The maximum absolute atomic E-state index is 5.37. The number of hydrogen-bond donors (Lipinski definition) is 0. The first kappa shape index (κ1) is 14.7. The third-order valence-corrected chi connectivity index (χ3v) is 2.75. The molecule has 0 aliphatic heterocycles. The average Bonchev–Trinajstić information content (AvgIpc) is 2.79. The van der Waals surface area contributed by atoms with Gasteiger partial charge in [0, 0.05) is 28.7 Å². The number of aryl methyl sites for hydroxylation is 1. The second kappa shape index (κ2) is 7.90. The minimum Gasteiger partial charge on any atom is -0.263 e. The van der Waals surface area contributed by atoms with Crippen LogP contribution in [0.3, 0.4) is 0 Å². The summed E-state index contributed by atoms with van der Waals surface area (Å²) in [7, 11) is 0. The molecule has 0 spiro atoms. The van der Waals surface area contributed by atoms with Crippen LogP contribution in [-0.2, 0) is 0 Å². The van der Waals surface area contributed by atoms with Crippen LogP contribution in [0, 0.1) is 19.3 Å². The number of nitrogens with zero attached hydrogens (tertiary/aromatic N) is 1. The molecule has 2 rings (SSSR count). The molecule has 86 valence electrons. The molecule has 2 heterocycles. The summed E-state index contributed by atoms with van der Waals surface area (Å²) in [5.74, 6) is 2.67. The molecule has 0 unspecified atom stereocenters. The summed E-state index contributed by atoms with van der Waals surface area (Å²) < 4.78 is 1.17. The molecule has 2 heteroatoms. The molecule has 0 fully saturated rings. The Morgan fingerprint density at radius 1 is 1.19 bits per heavy atom. The summed E-state index contributed by atoms with van der Waals surface area (Å²) in [5.41, 5.74) is 2.14. The van der Waals surface area contributed by atoms with Crippen molar-refractivity contribution in [1.29, 1.82) is 0 Å². The van der Waals surface area contributed by atoms with E-state index in [0.717, 1.165) is 11.1 Å². The Kier molecular flexibility index (Phi) is 7.24. The van der Waals surface area contributed by atoms with Gasteiger partial charge in [-0.3, -0.25) is 4.98 Å². The second-order valence-corrected chi connectivity index (χ2v) is 3.53. The summed E-state index contributed by atoms with van der Waals surface area (Å²) in [6.45, 7) is 10.0. The van der Waals surface area contributed by atoms with Gasteiger partial charge in [-0.2, -0.15) is 0 Å². The number of pyridine rings is 1. The molecule has 16 heavy (non-hydrogen) atoms. The zero-order valence-electron chi connectivity index (χ0n) is 10.7. The van der Waals surface area contributed by atoms with Crippen molar-refractivity contribution in [2.75, 3.05) is 0 Å². The molecule has 1 nitrogen and oxygen atoms in total. The van der Waals surface area contributed by atoms with E-state index in [1.165, 1.54) is 10.1 Å². The standard InChI is InChI=1S/C10H7NS.2C2H6/c1-3-8-6-12-9-5-11-4-7(2)10(8)9;2*1-2/h1,4-6H,2H3;2*1-2H3. The van der Waals surface area contributed by atoms with Gasteiger partial charge in [-0.1, -0.05) is 33.6 Å². The lowest BCUT2D eigenvalue weighted by Gasteiger charge is -1.94. The molecular formula is C14H19NS. The molecule has 0 aliphatic rings. The fourth-order valence-corrected chi connectivity index (χ4v) is 2.20. The molecule has 2 aromatic heterocycles. The van der Waals surface area contributed by atoms with Gasteiger partial charge in [0.1, 0.15) is 0 Å². The van der Waals surface area contributed by atoms with Gasteiger partial charge >= 0.3 is 0 Å². The molecule has 0 saturated heterocycles. The van der Waals surface area contributed by atoms with Crippen LogP contribution in [0.2, 0.25) is 0 Å². The largest absolute Gasteiger partial charge is 0.263 e. The minimum absolute atomic E-state index is 0.981. The molecule has 0 N–H and O–H groups in total. The Balaban J connectivity index is 0.000000509. The fourth-order valence-electron chi connectivity index (χ4n) is 1.26. The van der Waals surface area contributed by atoms with Gasteiger partial charge in [0.25, 0.3) is 0 Å². The predicted molar refractivity (Wildman–Crippen MR) is 75.0 cm³/mol. The number of hydrogen-bond acceptors (Lipinski definition) is 2. The van der Waals surface area contributed by atoms with E-state index in [1.54, 1.807) is 11.3 Å². The topological polar surface area (TPSA) is 12.9 Å². The maximum atomic E-state index is 5.37. The molecule has 0 aromatic carbocycles. The lowest BCUT2D eigenvalue weighted by molar-refractivity contribution is 1.32. The fraction of sp³-hybridized carbons (Fsp3) is 0.357. The van der Waals surface area contributed by atoms with Crippen molar-refractivity contribution in [3.8, 4) is 12.3 Å². The summed E-state index contributed by atoms with van der Waals surface area (Å²) >= 11 is 1.65. The monoisotopic (exact) mass is 233 g/mol. The third-order valence-electron chi connectivity index (χ3n) is 1.83. The molecule has 0 amide bonds. The SMILES string of the molecule is C#Cc1csc2cncc(C)c12.CC.CC. The lowest BCUT2D eigenvalue weighted by atomic mass is 10.1. The normalized spacial score (nSPS) is 8.25. The van der Waals surface area contributed by atoms with Crippen LogP contribution in [-0.4, -0.2) is 4.98 Å². The number of thiophene rings is 1. The first-order valence-corrected chi connectivity index (χ1v) is 6.49. The van der Waals surface area contributed by atoms with E-state index in [2.05, 4.69) is 10.9 Å². The van der Waals surface area contributed by atoms with Crippen molar-refractivity contribution in [2.45, 2.75) is 34.6 Å². The molecule has 0 saturated carbocycles. The molecule has 2 aromatic rings. The van der Waals surface area contributed by atoms with E-state index in [0.29, 0.717) is 0 Å². The number of rotatable bonds is 0. The summed E-state index contributed by atoms with van der Waals surface area (Å²) in [5, 5.41) is 3.18. The van der Waals surface area contributed by atoms with E-state index < -0.39 is 0 Å². The van der Waals surface area contributed by atoms with Crippen molar-refractivity contribution in [1.82, 2.24) is 4.98 Å². The molecule has 0 atom stereocenters. The summed E-state index contributed by atoms with van der Waals surface area (Å²) in [6, 6.07) is 0. The molecule has 0 aliphatic carbocycles. The Bertz CT molecular complexity index is 463. The van der Waals surface area contributed by atoms with Crippen LogP contribution in [0.25, 0.3) is 10.1 Å². The van der Waals surface area contributed by atoms with Crippen molar-refractivity contribution in [2.24, 2.45) is 0 Å². The first-order valence-electron chi connectivity index (χ1n) is 5.61.